The van der Waals surface area contributed by atoms with Crippen LogP contribution in [0.3, 0.4) is 0 Å². The molecule has 5 heteroatoms. The maximum absolute atomic E-state index is 11.6. The quantitative estimate of drug-likeness (QED) is 0.746. The number of rotatable bonds is 6. The molecular formula is C10H21NO3S. The number of hydrogen-bond donors (Lipinski definition) is 1. The van der Waals surface area contributed by atoms with Crippen LogP contribution in [0.2, 0.25) is 0 Å². The summed E-state index contributed by atoms with van der Waals surface area (Å²) >= 11 is 0. The Morgan fingerprint density at radius 2 is 1.87 bits per heavy atom. The number of amides is 1. The third kappa shape index (κ3) is 6.49. The van der Waals surface area contributed by atoms with Crippen molar-refractivity contribution in [3.63, 3.8) is 0 Å². The van der Waals surface area contributed by atoms with Gasteiger partial charge in [0.05, 0.1) is 5.75 Å². The maximum atomic E-state index is 11.6. The molecule has 0 aromatic heterocycles. The first-order chi connectivity index (χ1) is 6.69. The van der Waals surface area contributed by atoms with E-state index in [0.29, 0.717) is 0 Å². The second-order valence-electron chi connectivity index (χ2n) is 4.52. The molecule has 0 aromatic carbocycles. The monoisotopic (exact) mass is 235 g/mol. The summed E-state index contributed by atoms with van der Waals surface area (Å²) in [6.45, 7) is 5.95. The van der Waals surface area contributed by atoms with Crippen LogP contribution < -0.4 is 5.32 Å². The summed E-state index contributed by atoms with van der Waals surface area (Å²) in [4.78, 5) is 11.6. The number of nitrogens with one attached hydrogen (secondary N) is 1. The molecule has 0 aliphatic heterocycles. The van der Waals surface area contributed by atoms with Crippen LogP contribution >= 0.6 is 0 Å². The van der Waals surface area contributed by atoms with E-state index in [1.54, 1.807) is 0 Å². The minimum Gasteiger partial charge on any atom is -0.355 e. The molecule has 15 heavy (non-hydrogen) atoms. The molecule has 4 nitrogen and oxygen atoms in total. The summed E-state index contributed by atoms with van der Waals surface area (Å²) in [5.74, 6) is -0.0750. The molecule has 0 rings (SSSR count). The van der Waals surface area contributed by atoms with E-state index in [4.69, 9.17) is 0 Å². The molecule has 0 bridgehead atoms. The van der Waals surface area contributed by atoms with E-state index in [2.05, 4.69) is 5.32 Å². The molecule has 0 atom stereocenters. The minimum absolute atomic E-state index is 0.000938. The summed E-state index contributed by atoms with van der Waals surface area (Å²) in [5.41, 5.74) is -0.410. The van der Waals surface area contributed by atoms with Crippen LogP contribution in [-0.2, 0) is 14.6 Å². The van der Waals surface area contributed by atoms with Gasteiger partial charge in [-0.15, -0.1) is 0 Å². The molecule has 0 fully saturated rings. The first-order valence-electron chi connectivity index (χ1n) is 5.15. The van der Waals surface area contributed by atoms with Gasteiger partial charge in [0.25, 0.3) is 0 Å². The van der Waals surface area contributed by atoms with Gasteiger partial charge in [-0.05, 0) is 6.42 Å². The fraction of sp³-hybridized carbons (Fsp3) is 0.900. The number of carbonyl (C=O) groups excluding carboxylic acids is 1. The predicted molar refractivity (Wildman–Crippen MR) is 61.4 cm³/mol. The fourth-order valence-corrected chi connectivity index (χ4v) is 1.80. The Kier molecular flexibility index (Phi) is 5.28. The minimum atomic E-state index is -2.99. The largest absolute Gasteiger partial charge is 0.355 e. The van der Waals surface area contributed by atoms with Crippen molar-refractivity contribution >= 4 is 15.7 Å². The van der Waals surface area contributed by atoms with Gasteiger partial charge in [-0.3, -0.25) is 4.79 Å². The van der Waals surface area contributed by atoms with Crippen molar-refractivity contribution in [1.82, 2.24) is 5.32 Å². The summed E-state index contributed by atoms with van der Waals surface area (Å²) in [6, 6.07) is 0. The molecule has 0 heterocycles. The number of sulfone groups is 1. The van der Waals surface area contributed by atoms with Gasteiger partial charge in [0.2, 0.25) is 5.91 Å². The third-order valence-corrected chi connectivity index (χ3v) is 3.19. The molecule has 0 spiro atoms. The standard InChI is InChI=1S/C10H21NO3S/c1-5-6-10(2,3)9(12)11-7-8-15(4,13)14/h5-8H2,1-4H3,(H,11,12). The molecule has 1 N–H and O–H groups in total. The maximum Gasteiger partial charge on any atom is 0.225 e. The number of hydrogen-bond acceptors (Lipinski definition) is 3. The Bertz CT molecular complexity index is 307. The average Bonchev–Trinajstić information content (AvgIpc) is 2.01. The van der Waals surface area contributed by atoms with Crippen molar-refractivity contribution in [3.8, 4) is 0 Å². The molecule has 1 amide bonds. The van der Waals surface area contributed by atoms with Crippen molar-refractivity contribution in [3.05, 3.63) is 0 Å². The van der Waals surface area contributed by atoms with E-state index in [9.17, 15) is 13.2 Å². The zero-order valence-electron chi connectivity index (χ0n) is 9.96. The van der Waals surface area contributed by atoms with Crippen molar-refractivity contribution in [2.75, 3.05) is 18.6 Å². The normalized spacial score (nSPS) is 12.5. The zero-order chi connectivity index (χ0) is 12.1. The van der Waals surface area contributed by atoms with Crippen molar-refractivity contribution in [2.24, 2.45) is 5.41 Å². The molecule has 0 radical (unpaired) electrons. The highest BCUT2D eigenvalue weighted by molar-refractivity contribution is 7.90. The molecular weight excluding hydrogens is 214 g/mol. The first-order valence-corrected chi connectivity index (χ1v) is 7.21. The van der Waals surface area contributed by atoms with Crippen molar-refractivity contribution in [1.29, 1.82) is 0 Å². The Labute approximate surface area is 92.4 Å². The Morgan fingerprint density at radius 3 is 2.27 bits per heavy atom. The zero-order valence-corrected chi connectivity index (χ0v) is 10.8. The molecule has 0 aliphatic rings. The van der Waals surface area contributed by atoms with E-state index in [1.807, 2.05) is 20.8 Å². The van der Waals surface area contributed by atoms with Gasteiger partial charge in [-0.1, -0.05) is 27.2 Å². The summed E-state index contributed by atoms with van der Waals surface area (Å²) < 4.78 is 21.7. The Balaban J connectivity index is 4.04. The highest BCUT2D eigenvalue weighted by Gasteiger charge is 2.25. The SMILES string of the molecule is CCCC(C)(C)C(=O)NCCS(C)(=O)=O. The predicted octanol–water partition coefficient (Wildman–Crippen LogP) is 0.974. The van der Waals surface area contributed by atoms with Gasteiger partial charge in [0, 0.05) is 18.2 Å². The summed E-state index contributed by atoms with van der Waals surface area (Å²) in [5, 5.41) is 2.65. The van der Waals surface area contributed by atoms with E-state index >= 15 is 0 Å². The van der Waals surface area contributed by atoms with Crippen LogP contribution in [0, 0.1) is 5.41 Å². The van der Waals surface area contributed by atoms with Gasteiger partial charge < -0.3 is 5.32 Å². The second-order valence-corrected chi connectivity index (χ2v) is 6.78. The lowest BCUT2D eigenvalue weighted by Gasteiger charge is -2.22. The van der Waals surface area contributed by atoms with Crippen LogP contribution in [-0.4, -0.2) is 32.9 Å². The Hall–Kier alpha value is -0.580. The van der Waals surface area contributed by atoms with Gasteiger partial charge in [-0.2, -0.15) is 0 Å². The lowest BCUT2D eigenvalue weighted by atomic mass is 9.87. The van der Waals surface area contributed by atoms with Crippen LogP contribution in [0.15, 0.2) is 0 Å². The van der Waals surface area contributed by atoms with Crippen LogP contribution in [0.4, 0.5) is 0 Å². The highest BCUT2D eigenvalue weighted by atomic mass is 32.2. The number of carbonyl (C=O) groups is 1. The fourth-order valence-electron chi connectivity index (χ4n) is 1.33. The lowest BCUT2D eigenvalue weighted by Crippen LogP contribution is -2.39. The topological polar surface area (TPSA) is 63.2 Å². The molecule has 90 valence electrons. The summed E-state index contributed by atoms with van der Waals surface area (Å²) in [6.07, 6.45) is 2.90. The van der Waals surface area contributed by atoms with Gasteiger partial charge in [0.1, 0.15) is 9.84 Å². The van der Waals surface area contributed by atoms with Crippen LogP contribution in [0.25, 0.3) is 0 Å². The van der Waals surface area contributed by atoms with Crippen LogP contribution in [0.1, 0.15) is 33.6 Å². The molecule has 0 unspecified atom stereocenters. The molecule has 0 saturated heterocycles. The lowest BCUT2D eigenvalue weighted by molar-refractivity contribution is -0.129. The van der Waals surface area contributed by atoms with E-state index in [-0.39, 0.29) is 18.2 Å². The van der Waals surface area contributed by atoms with Crippen LogP contribution in [0.5, 0.6) is 0 Å². The molecule has 0 aliphatic carbocycles. The average molecular weight is 235 g/mol. The van der Waals surface area contributed by atoms with E-state index in [0.717, 1.165) is 19.1 Å². The van der Waals surface area contributed by atoms with Crippen molar-refractivity contribution in [2.45, 2.75) is 33.6 Å². The first kappa shape index (κ1) is 14.4. The molecule has 0 aromatic rings. The summed E-state index contributed by atoms with van der Waals surface area (Å²) in [7, 11) is -2.99. The smallest absolute Gasteiger partial charge is 0.225 e. The van der Waals surface area contributed by atoms with Gasteiger partial charge >= 0.3 is 0 Å². The second kappa shape index (κ2) is 5.49. The molecule has 0 saturated carbocycles. The highest BCUT2D eigenvalue weighted by Crippen LogP contribution is 2.21. The van der Waals surface area contributed by atoms with Gasteiger partial charge in [0.15, 0.2) is 0 Å². The van der Waals surface area contributed by atoms with E-state index in [1.165, 1.54) is 0 Å². The van der Waals surface area contributed by atoms with Crippen molar-refractivity contribution < 1.29 is 13.2 Å². The third-order valence-electron chi connectivity index (χ3n) is 2.25. The Morgan fingerprint density at radius 1 is 1.33 bits per heavy atom. The van der Waals surface area contributed by atoms with E-state index < -0.39 is 15.3 Å². The van der Waals surface area contributed by atoms with Gasteiger partial charge in [-0.25, -0.2) is 8.42 Å².